The lowest BCUT2D eigenvalue weighted by molar-refractivity contribution is -0.136. The largest absolute Gasteiger partial charge is 0.481 e. The molecule has 2 rings (SSSR count). The van der Waals surface area contributed by atoms with Gasteiger partial charge in [0.25, 0.3) is 0 Å². The maximum atomic E-state index is 12.1. The molecule has 104 valence electrons. The molecule has 2 heterocycles. The van der Waals surface area contributed by atoms with Gasteiger partial charge in [-0.2, -0.15) is 0 Å². The molecule has 1 aromatic rings. The summed E-state index contributed by atoms with van der Waals surface area (Å²) in [5.74, 6) is -1.17. The molecular weight excluding hydrogens is 268 g/mol. The fraction of sp³-hybridized carbons (Fsp3) is 0.583. The van der Waals surface area contributed by atoms with E-state index in [1.54, 1.807) is 5.38 Å². The van der Waals surface area contributed by atoms with Gasteiger partial charge in [-0.15, -0.1) is 11.3 Å². The molecule has 1 saturated heterocycles. The number of aliphatic carboxylic acids is 1. The zero-order valence-corrected chi connectivity index (χ0v) is 11.4. The summed E-state index contributed by atoms with van der Waals surface area (Å²) in [5, 5.41) is 13.5. The smallest absolute Gasteiger partial charge is 0.309 e. The Morgan fingerprint density at radius 3 is 3.11 bits per heavy atom. The van der Waals surface area contributed by atoms with E-state index >= 15 is 0 Å². The number of carboxylic acid groups (broad SMARTS) is 1. The molecule has 1 aliphatic rings. The van der Waals surface area contributed by atoms with Crippen molar-refractivity contribution in [2.24, 2.45) is 5.92 Å². The van der Waals surface area contributed by atoms with Crippen LogP contribution in [0.25, 0.3) is 0 Å². The molecule has 0 saturated carbocycles. The Labute approximate surface area is 114 Å². The number of nitrogens with one attached hydrogen (secondary N) is 1. The van der Waals surface area contributed by atoms with Crippen LogP contribution in [-0.4, -0.2) is 34.7 Å². The predicted octanol–water partition coefficient (Wildman–Crippen LogP) is 1.52. The summed E-state index contributed by atoms with van der Waals surface area (Å²) in [4.78, 5) is 26.7. The number of hydrogen-bond acceptors (Lipinski definition) is 5. The van der Waals surface area contributed by atoms with E-state index < -0.39 is 5.97 Å². The lowest BCUT2D eigenvalue weighted by Crippen LogP contribution is -2.29. The maximum absolute atomic E-state index is 12.1. The van der Waals surface area contributed by atoms with Gasteiger partial charge >= 0.3 is 5.97 Å². The van der Waals surface area contributed by atoms with Crippen LogP contribution < -0.4 is 5.32 Å². The van der Waals surface area contributed by atoms with Crippen LogP contribution >= 0.6 is 11.3 Å². The minimum Gasteiger partial charge on any atom is -0.481 e. The first kappa shape index (κ1) is 14.0. The van der Waals surface area contributed by atoms with Gasteiger partial charge in [0.1, 0.15) is 0 Å². The van der Waals surface area contributed by atoms with Gasteiger partial charge in [-0.1, -0.05) is 6.92 Å². The van der Waals surface area contributed by atoms with Crippen molar-refractivity contribution in [1.82, 2.24) is 4.98 Å². The van der Waals surface area contributed by atoms with Crippen molar-refractivity contribution < 1.29 is 19.4 Å². The topological polar surface area (TPSA) is 88.5 Å². The second-order valence-electron chi connectivity index (χ2n) is 4.42. The fourth-order valence-electron chi connectivity index (χ4n) is 2.15. The van der Waals surface area contributed by atoms with Gasteiger partial charge in [-0.3, -0.25) is 9.59 Å². The first-order chi connectivity index (χ1) is 9.10. The number of anilines is 1. The molecule has 2 atom stereocenters. The zero-order chi connectivity index (χ0) is 13.8. The van der Waals surface area contributed by atoms with Gasteiger partial charge in [-0.05, 0) is 12.8 Å². The third-order valence-corrected chi connectivity index (χ3v) is 3.87. The summed E-state index contributed by atoms with van der Waals surface area (Å²) in [6.07, 6.45) is 1.37. The summed E-state index contributed by atoms with van der Waals surface area (Å²) in [6, 6.07) is 0. The van der Waals surface area contributed by atoms with E-state index in [2.05, 4.69) is 10.3 Å². The van der Waals surface area contributed by atoms with Crippen molar-refractivity contribution in [2.75, 3.05) is 11.9 Å². The van der Waals surface area contributed by atoms with Crippen LogP contribution in [0.2, 0.25) is 0 Å². The summed E-state index contributed by atoms with van der Waals surface area (Å²) in [6.45, 7) is 2.60. The normalized spacial score (nSPS) is 22.4. The van der Waals surface area contributed by atoms with Crippen molar-refractivity contribution in [3.63, 3.8) is 0 Å². The van der Waals surface area contributed by atoms with Gasteiger partial charge in [0.15, 0.2) is 5.13 Å². The Morgan fingerprint density at radius 1 is 1.63 bits per heavy atom. The number of thiazole rings is 1. The first-order valence-corrected chi connectivity index (χ1v) is 7.06. The molecule has 1 amide bonds. The van der Waals surface area contributed by atoms with Crippen molar-refractivity contribution >= 4 is 28.3 Å². The number of rotatable bonds is 5. The van der Waals surface area contributed by atoms with Crippen LogP contribution in [0.5, 0.6) is 0 Å². The molecule has 7 heteroatoms. The number of hydrogen-bond donors (Lipinski definition) is 2. The molecule has 0 bridgehead atoms. The van der Waals surface area contributed by atoms with Gasteiger partial charge in [0.05, 0.1) is 24.1 Å². The van der Waals surface area contributed by atoms with Crippen LogP contribution in [-0.2, 0) is 20.7 Å². The molecule has 2 unspecified atom stereocenters. The number of amides is 1. The molecule has 1 aromatic heterocycles. The molecule has 19 heavy (non-hydrogen) atoms. The number of carbonyl (C=O) groups excluding carboxylic acids is 1. The Morgan fingerprint density at radius 2 is 2.42 bits per heavy atom. The molecule has 1 fully saturated rings. The minimum atomic E-state index is -0.932. The van der Waals surface area contributed by atoms with E-state index in [1.165, 1.54) is 11.3 Å². The number of carboxylic acids is 1. The summed E-state index contributed by atoms with van der Waals surface area (Å²) in [5.41, 5.74) is 0.461. The zero-order valence-electron chi connectivity index (χ0n) is 10.6. The van der Waals surface area contributed by atoms with Crippen LogP contribution in [0.3, 0.4) is 0 Å². The van der Waals surface area contributed by atoms with E-state index in [0.717, 1.165) is 12.8 Å². The quantitative estimate of drug-likeness (QED) is 0.856. The van der Waals surface area contributed by atoms with E-state index in [-0.39, 0.29) is 24.3 Å². The number of aromatic nitrogens is 1. The summed E-state index contributed by atoms with van der Waals surface area (Å²) in [7, 11) is 0. The SMILES string of the molecule is CCC1OCCC1C(=O)Nc1nc(CC(=O)O)cs1. The highest BCUT2D eigenvalue weighted by Crippen LogP contribution is 2.25. The van der Waals surface area contributed by atoms with Gasteiger partial charge in [0, 0.05) is 12.0 Å². The highest BCUT2D eigenvalue weighted by atomic mass is 32.1. The molecule has 0 aromatic carbocycles. The average Bonchev–Trinajstić information content (AvgIpc) is 2.96. The number of nitrogens with zero attached hydrogens (tertiary/aromatic N) is 1. The molecule has 1 aliphatic heterocycles. The summed E-state index contributed by atoms with van der Waals surface area (Å²) >= 11 is 1.24. The average molecular weight is 284 g/mol. The van der Waals surface area contributed by atoms with Gasteiger partial charge in [0.2, 0.25) is 5.91 Å². The van der Waals surface area contributed by atoms with Crippen LogP contribution in [0, 0.1) is 5.92 Å². The van der Waals surface area contributed by atoms with Crippen LogP contribution in [0.4, 0.5) is 5.13 Å². The molecule has 0 radical (unpaired) electrons. The van der Waals surface area contributed by atoms with Crippen molar-refractivity contribution in [3.05, 3.63) is 11.1 Å². The fourth-order valence-corrected chi connectivity index (χ4v) is 2.86. The lowest BCUT2D eigenvalue weighted by Gasteiger charge is -2.15. The van der Waals surface area contributed by atoms with E-state index in [1.807, 2.05) is 6.92 Å². The molecule has 0 aliphatic carbocycles. The third kappa shape index (κ3) is 3.51. The first-order valence-electron chi connectivity index (χ1n) is 6.18. The lowest BCUT2D eigenvalue weighted by atomic mass is 9.99. The third-order valence-electron chi connectivity index (χ3n) is 3.06. The van der Waals surface area contributed by atoms with Gasteiger partial charge in [-0.25, -0.2) is 4.98 Å². The Bertz CT molecular complexity index is 474. The van der Waals surface area contributed by atoms with E-state index in [9.17, 15) is 9.59 Å². The van der Waals surface area contributed by atoms with E-state index in [4.69, 9.17) is 9.84 Å². The van der Waals surface area contributed by atoms with Crippen molar-refractivity contribution in [2.45, 2.75) is 32.3 Å². The second kappa shape index (κ2) is 6.12. The molecule has 0 spiro atoms. The minimum absolute atomic E-state index is 0.0292. The molecule has 6 nitrogen and oxygen atoms in total. The number of ether oxygens (including phenoxy) is 1. The van der Waals surface area contributed by atoms with E-state index in [0.29, 0.717) is 17.4 Å². The van der Waals surface area contributed by atoms with Gasteiger partial charge < -0.3 is 15.2 Å². The predicted molar refractivity (Wildman–Crippen MR) is 70.2 cm³/mol. The number of carbonyl (C=O) groups is 2. The van der Waals surface area contributed by atoms with Crippen molar-refractivity contribution in [1.29, 1.82) is 0 Å². The molecule has 2 N–H and O–H groups in total. The highest BCUT2D eigenvalue weighted by Gasteiger charge is 2.33. The highest BCUT2D eigenvalue weighted by molar-refractivity contribution is 7.13. The van der Waals surface area contributed by atoms with Crippen molar-refractivity contribution in [3.8, 4) is 0 Å². The standard InChI is InChI=1S/C12H16N2O4S/c1-2-9-8(3-4-18-9)11(17)14-12-13-7(6-19-12)5-10(15)16/h6,8-9H,2-5H2,1H3,(H,15,16)(H,13,14,17). The maximum Gasteiger partial charge on any atom is 0.309 e. The van der Waals surface area contributed by atoms with Crippen LogP contribution in [0.15, 0.2) is 5.38 Å². The second-order valence-corrected chi connectivity index (χ2v) is 5.27. The molecular formula is C12H16N2O4S. The van der Waals surface area contributed by atoms with Crippen LogP contribution in [0.1, 0.15) is 25.5 Å². The Hall–Kier alpha value is -1.47. The Kier molecular flexibility index (Phi) is 4.49. The monoisotopic (exact) mass is 284 g/mol. The summed E-state index contributed by atoms with van der Waals surface area (Å²) < 4.78 is 5.48. The Balaban J connectivity index is 1.95.